The van der Waals surface area contributed by atoms with Gasteiger partial charge in [0.15, 0.2) is 5.82 Å². The first-order valence-corrected chi connectivity index (χ1v) is 9.60. The number of amides is 2. The second-order valence-corrected chi connectivity index (χ2v) is 7.88. The average molecular weight is 410 g/mol. The number of rotatable bonds is 3. The van der Waals surface area contributed by atoms with Crippen LogP contribution in [-0.4, -0.2) is 33.7 Å². The summed E-state index contributed by atoms with van der Waals surface area (Å²) in [7, 11) is 0. The number of aromatic nitrogens is 2. The largest absolute Gasteiger partial charge is 0.416 e. The highest BCUT2D eigenvalue weighted by molar-refractivity contribution is 5.89. The number of piperidine rings is 1. The molecule has 1 aliphatic heterocycles. The normalized spacial score (nSPS) is 25.1. The number of hydrogen-bond acceptors (Lipinski definition) is 4. The van der Waals surface area contributed by atoms with Crippen LogP contribution in [0.25, 0.3) is 0 Å². The number of carbonyl (C=O) groups excluding carboxylic acids is 1. The number of urea groups is 1. The number of anilines is 1. The van der Waals surface area contributed by atoms with Gasteiger partial charge in [-0.3, -0.25) is 0 Å². The summed E-state index contributed by atoms with van der Waals surface area (Å²) in [5.74, 6) is 1.27. The van der Waals surface area contributed by atoms with Crippen molar-refractivity contribution in [2.45, 2.75) is 58.2 Å². The van der Waals surface area contributed by atoms with E-state index in [0.717, 1.165) is 25.0 Å². The molecule has 3 atom stereocenters. The number of nitrogens with zero attached hydrogens (tertiary/aromatic N) is 3. The standard InChI is InChI=1S/C20H25F3N4O2/c1-5-14-10-19(4,17-24-13(3)26-29-17)12(2)27(11-14)18(28)25-16-8-6-15(7-9-16)20(21,22)23/h6-9,12,14H,5,10-11H2,1-4H3,(H,25,28). The van der Waals surface area contributed by atoms with Crippen molar-refractivity contribution < 1.29 is 22.5 Å². The maximum absolute atomic E-state index is 13.0. The van der Waals surface area contributed by atoms with Gasteiger partial charge in [0.2, 0.25) is 5.89 Å². The third-order valence-electron chi connectivity index (χ3n) is 5.88. The van der Waals surface area contributed by atoms with Gasteiger partial charge in [0.25, 0.3) is 0 Å². The maximum atomic E-state index is 13.0. The predicted molar refractivity (Wildman–Crippen MR) is 101 cm³/mol. The van der Waals surface area contributed by atoms with Crippen molar-refractivity contribution in [3.63, 3.8) is 0 Å². The van der Waals surface area contributed by atoms with Crippen LogP contribution in [0.4, 0.5) is 23.7 Å². The lowest BCUT2D eigenvalue weighted by Crippen LogP contribution is -2.58. The zero-order valence-electron chi connectivity index (χ0n) is 16.9. The Morgan fingerprint density at radius 3 is 2.52 bits per heavy atom. The maximum Gasteiger partial charge on any atom is 0.416 e. The van der Waals surface area contributed by atoms with Crippen molar-refractivity contribution in [3.05, 3.63) is 41.5 Å². The molecule has 0 radical (unpaired) electrons. The molecular formula is C20H25F3N4O2. The predicted octanol–water partition coefficient (Wildman–Crippen LogP) is 5.01. The lowest BCUT2D eigenvalue weighted by molar-refractivity contribution is -0.137. The molecule has 3 rings (SSSR count). The van der Waals surface area contributed by atoms with E-state index >= 15 is 0 Å². The van der Waals surface area contributed by atoms with Gasteiger partial charge in [0, 0.05) is 18.3 Å². The number of alkyl halides is 3. The van der Waals surface area contributed by atoms with Gasteiger partial charge in [-0.05, 0) is 57.4 Å². The van der Waals surface area contributed by atoms with E-state index in [-0.39, 0.29) is 18.0 Å². The first-order chi connectivity index (χ1) is 13.5. The SMILES string of the molecule is CCC1CN(C(=O)Nc2ccc(C(F)(F)F)cc2)C(C)C(C)(c2nc(C)no2)C1. The zero-order valence-corrected chi connectivity index (χ0v) is 16.9. The van der Waals surface area contributed by atoms with Crippen LogP contribution in [0, 0.1) is 12.8 Å². The molecule has 3 unspecified atom stereocenters. The molecule has 29 heavy (non-hydrogen) atoms. The number of nitrogens with one attached hydrogen (secondary N) is 1. The fraction of sp³-hybridized carbons (Fsp3) is 0.550. The van der Waals surface area contributed by atoms with Gasteiger partial charge in [-0.2, -0.15) is 18.2 Å². The molecule has 2 aromatic rings. The molecule has 0 bridgehead atoms. The summed E-state index contributed by atoms with van der Waals surface area (Å²) in [6, 6.07) is 3.82. The fourth-order valence-electron chi connectivity index (χ4n) is 3.88. The molecule has 0 saturated carbocycles. The van der Waals surface area contributed by atoms with Crippen molar-refractivity contribution in [3.8, 4) is 0 Å². The van der Waals surface area contributed by atoms with E-state index in [1.807, 2.05) is 13.8 Å². The van der Waals surface area contributed by atoms with E-state index in [1.54, 1.807) is 11.8 Å². The first kappa shape index (κ1) is 21.1. The number of aryl methyl sites for hydroxylation is 1. The fourth-order valence-corrected chi connectivity index (χ4v) is 3.88. The Labute approximate surface area is 167 Å². The molecule has 6 nitrogen and oxygen atoms in total. The second kappa shape index (κ2) is 7.68. The summed E-state index contributed by atoms with van der Waals surface area (Å²) < 4.78 is 43.7. The molecular weight excluding hydrogens is 385 g/mol. The van der Waals surface area contributed by atoms with Gasteiger partial charge >= 0.3 is 12.2 Å². The van der Waals surface area contributed by atoms with Crippen LogP contribution >= 0.6 is 0 Å². The molecule has 1 fully saturated rings. The van der Waals surface area contributed by atoms with Crippen molar-refractivity contribution in [1.29, 1.82) is 0 Å². The van der Waals surface area contributed by atoms with Crippen molar-refractivity contribution in [2.24, 2.45) is 5.92 Å². The molecule has 158 valence electrons. The van der Waals surface area contributed by atoms with E-state index in [2.05, 4.69) is 22.4 Å². The second-order valence-electron chi connectivity index (χ2n) is 7.88. The van der Waals surface area contributed by atoms with Gasteiger partial charge < -0.3 is 14.7 Å². The smallest absolute Gasteiger partial charge is 0.339 e. The highest BCUT2D eigenvalue weighted by Crippen LogP contribution is 2.41. The van der Waals surface area contributed by atoms with Crippen LogP contribution in [0.5, 0.6) is 0 Å². The Balaban J connectivity index is 1.81. The average Bonchev–Trinajstić information content (AvgIpc) is 3.10. The molecule has 2 heterocycles. The minimum absolute atomic E-state index is 0.236. The van der Waals surface area contributed by atoms with Crippen molar-refractivity contribution in [1.82, 2.24) is 15.0 Å². The van der Waals surface area contributed by atoms with Gasteiger partial charge in [0.05, 0.1) is 11.0 Å². The third-order valence-corrected chi connectivity index (χ3v) is 5.88. The summed E-state index contributed by atoms with van der Waals surface area (Å²) >= 11 is 0. The van der Waals surface area contributed by atoms with E-state index in [9.17, 15) is 18.0 Å². The monoisotopic (exact) mass is 410 g/mol. The number of halogens is 3. The molecule has 9 heteroatoms. The highest BCUT2D eigenvalue weighted by Gasteiger charge is 2.48. The van der Waals surface area contributed by atoms with Gasteiger partial charge in [-0.25, -0.2) is 4.79 Å². The van der Waals surface area contributed by atoms with Gasteiger partial charge in [-0.15, -0.1) is 0 Å². The molecule has 0 aliphatic carbocycles. The molecule has 1 saturated heterocycles. The Kier molecular flexibility index (Phi) is 5.60. The summed E-state index contributed by atoms with van der Waals surface area (Å²) in [6.45, 7) is 8.29. The summed E-state index contributed by atoms with van der Waals surface area (Å²) in [4.78, 5) is 19.1. The van der Waals surface area contributed by atoms with Crippen LogP contribution in [0.1, 0.15) is 50.9 Å². The summed E-state index contributed by atoms with van der Waals surface area (Å²) in [5.41, 5.74) is -0.964. The van der Waals surface area contributed by atoms with Crippen LogP contribution < -0.4 is 5.32 Å². The Morgan fingerprint density at radius 2 is 2.00 bits per heavy atom. The number of hydrogen-bond donors (Lipinski definition) is 1. The topological polar surface area (TPSA) is 71.3 Å². The van der Waals surface area contributed by atoms with Crippen LogP contribution in [0.3, 0.4) is 0 Å². The third kappa shape index (κ3) is 4.23. The minimum atomic E-state index is -4.41. The number of carbonyl (C=O) groups is 1. The van der Waals surface area contributed by atoms with Crippen molar-refractivity contribution in [2.75, 3.05) is 11.9 Å². The van der Waals surface area contributed by atoms with E-state index in [1.165, 1.54) is 12.1 Å². The minimum Gasteiger partial charge on any atom is -0.339 e. The van der Waals surface area contributed by atoms with E-state index < -0.39 is 17.2 Å². The van der Waals surface area contributed by atoms with Gasteiger partial charge in [-0.1, -0.05) is 18.5 Å². The number of benzene rings is 1. The molecule has 1 aliphatic rings. The summed E-state index contributed by atoms with van der Waals surface area (Å²) in [5, 5.41) is 6.60. The number of likely N-dealkylation sites (tertiary alicyclic amines) is 1. The quantitative estimate of drug-likeness (QED) is 0.772. The Bertz CT molecular complexity index is 865. The zero-order chi connectivity index (χ0) is 21.4. The first-order valence-electron chi connectivity index (χ1n) is 9.60. The van der Waals surface area contributed by atoms with E-state index in [0.29, 0.717) is 23.9 Å². The van der Waals surface area contributed by atoms with Crippen molar-refractivity contribution >= 4 is 11.7 Å². The molecule has 0 spiro atoms. The lowest BCUT2D eigenvalue weighted by Gasteiger charge is -2.47. The Hall–Kier alpha value is -2.58. The van der Waals surface area contributed by atoms with Crippen LogP contribution in [0.2, 0.25) is 0 Å². The summed E-state index contributed by atoms with van der Waals surface area (Å²) in [6.07, 6.45) is -2.74. The van der Waals surface area contributed by atoms with Crippen LogP contribution in [-0.2, 0) is 11.6 Å². The Morgan fingerprint density at radius 1 is 1.34 bits per heavy atom. The molecule has 1 N–H and O–H groups in total. The highest BCUT2D eigenvalue weighted by atomic mass is 19.4. The van der Waals surface area contributed by atoms with E-state index in [4.69, 9.17) is 4.52 Å². The van der Waals surface area contributed by atoms with Gasteiger partial charge in [0.1, 0.15) is 0 Å². The van der Waals surface area contributed by atoms with Crippen LogP contribution in [0.15, 0.2) is 28.8 Å². The molecule has 2 amide bonds. The molecule has 1 aromatic heterocycles. The molecule has 1 aromatic carbocycles. The lowest BCUT2D eigenvalue weighted by atomic mass is 9.70.